The first-order valence-electron chi connectivity index (χ1n) is 4.61. The summed E-state index contributed by atoms with van der Waals surface area (Å²) in [5, 5.41) is 1.01. The van der Waals surface area contributed by atoms with Crippen molar-refractivity contribution >= 4 is 23.0 Å². The number of nitrogens with zero attached hydrogens (tertiary/aromatic N) is 2. The average Bonchev–Trinajstić information content (AvgIpc) is 2.27. The van der Waals surface area contributed by atoms with Crippen molar-refractivity contribution in [3.8, 4) is 0 Å². The number of carbonyl (C=O) groups is 1. The van der Waals surface area contributed by atoms with Gasteiger partial charge in [-0.15, -0.1) is 0 Å². The number of aromatic nitrogens is 1. The molecule has 2 rings (SSSR count). The molecule has 0 saturated carbocycles. The van der Waals surface area contributed by atoms with Gasteiger partial charge in [0.05, 0.1) is 5.52 Å². The Labute approximate surface area is 88.3 Å². The second kappa shape index (κ2) is 3.69. The van der Waals surface area contributed by atoms with Crippen molar-refractivity contribution < 1.29 is 4.79 Å². The van der Waals surface area contributed by atoms with E-state index < -0.39 is 0 Å². The summed E-state index contributed by atoms with van der Waals surface area (Å²) < 4.78 is 0. The van der Waals surface area contributed by atoms with Crippen LogP contribution in [0.25, 0.3) is 10.9 Å². The van der Waals surface area contributed by atoms with Crippen molar-refractivity contribution in [1.29, 1.82) is 0 Å². The third-order valence-corrected chi connectivity index (χ3v) is 2.30. The standard InChI is InChI=1S/C12H11N2O/c1-9-3-4-10-7-11(14(2)8-15)5-6-12(10)13-9/h3-8H,1H2,2H3. The van der Waals surface area contributed by atoms with Crippen LogP contribution in [0.15, 0.2) is 30.3 Å². The van der Waals surface area contributed by atoms with Crippen molar-refractivity contribution in [1.82, 2.24) is 4.98 Å². The first-order chi connectivity index (χ1) is 7.20. The van der Waals surface area contributed by atoms with E-state index in [9.17, 15) is 4.79 Å². The fourth-order valence-electron chi connectivity index (χ4n) is 1.44. The minimum Gasteiger partial charge on any atom is -0.318 e. The Hall–Kier alpha value is -1.90. The molecule has 1 radical (unpaired) electrons. The second-order valence-electron chi connectivity index (χ2n) is 3.40. The molecule has 0 aliphatic heterocycles. The van der Waals surface area contributed by atoms with Crippen molar-refractivity contribution in [2.75, 3.05) is 11.9 Å². The Balaban J connectivity index is 2.56. The number of rotatable bonds is 2. The SMILES string of the molecule is [CH2]c1ccc2cc(N(C)C=O)ccc2n1. The Bertz CT molecular complexity index is 508. The van der Waals surface area contributed by atoms with Gasteiger partial charge in [-0.1, -0.05) is 6.07 Å². The Kier molecular flexibility index (Phi) is 2.37. The van der Waals surface area contributed by atoms with Crippen molar-refractivity contribution in [3.05, 3.63) is 42.9 Å². The summed E-state index contributed by atoms with van der Waals surface area (Å²) in [6, 6.07) is 9.48. The van der Waals surface area contributed by atoms with Gasteiger partial charge in [0, 0.05) is 23.8 Å². The molecule has 0 unspecified atom stereocenters. The van der Waals surface area contributed by atoms with E-state index in [-0.39, 0.29) is 0 Å². The van der Waals surface area contributed by atoms with Gasteiger partial charge in [-0.3, -0.25) is 9.78 Å². The smallest absolute Gasteiger partial charge is 0.213 e. The molecule has 1 aromatic carbocycles. The predicted molar refractivity (Wildman–Crippen MR) is 60.7 cm³/mol. The molecular weight excluding hydrogens is 188 g/mol. The molecule has 0 spiro atoms. The quantitative estimate of drug-likeness (QED) is 0.693. The lowest BCUT2D eigenvalue weighted by atomic mass is 10.2. The largest absolute Gasteiger partial charge is 0.318 e. The molecule has 1 aromatic heterocycles. The lowest BCUT2D eigenvalue weighted by Crippen LogP contribution is -2.13. The molecule has 0 aliphatic rings. The van der Waals surface area contributed by atoms with Crippen LogP contribution in [0.3, 0.4) is 0 Å². The Morgan fingerprint density at radius 2 is 2.13 bits per heavy atom. The predicted octanol–water partition coefficient (Wildman–Crippen LogP) is 2.01. The maximum absolute atomic E-state index is 10.6. The summed E-state index contributed by atoms with van der Waals surface area (Å²) in [5.41, 5.74) is 2.50. The number of benzene rings is 1. The molecule has 3 nitrogen and oxygen atoms in total. The summed E-state index contributed by atoms with van der Waals surface area (Å²) in [7, 11) is 1.72. The summed E-state index contributed by atoms with van der Waals surface area (Å²) in [4.78, 5) is 16.4. The lowest BCUT2D eigenvalue weighted by Gasteiger charge is -2.11. The molecule has 1 heterocycles. The number of hydrogen-bond acceptors (Lipinski definition) is 2. The van der Waals surface area contributed by atoms with Gasteiger partial charge in [-0.2, -0.15) is 0 Å². The number of hydrogen-bond donors (Lipinski definition) is 0. The minimum atomic E-state index is 0.749. The van der Waals surface area contributed by atoms with Crippen LogP contribution in [0.4, 0.5) is 5.69 Å². The number of carbonyl (C=O) groups excluding carboxylic acids is 1. The maximum Gasteiger partial charge on any atom is 0.213 e. The topological polar surface area (TPSA) is 33.2 Å². The zero-order chi connectivity index (χ0) is 10.8. The Morgan fingerprint density at radius 1 is 1.33 bits per heavy atom. The van der Waals surface area contributed by atoms with E-state index in [0.29, 0.717) is 0 Å². The van der Waals surface area contributed by atoms with Crippen LogP contribution in [0, 0.1) is 6.92 Å². The van der Waals surface area contributed by atoms with Crippen LogP contribution < -0.4 is 4.90 Å². The van der Waals surface area contributed by atoms with E-state index in [1.165, 1.54) is 4.90 Å². The number of fused-ring (bicyclic) bond motifs is 1. The molecule has 3 heteroatoms. The van der Waals surface area contributed by atoms with Gasteiger partial charge in [-0.05, 0) is 31.2 Å². The third kappa shape index (κ3) is 1.81. The Morgan fingerprint density at radius 3 is 2.87 bits per heavy atom. The van der Waals surface area contributed by atoms with E-state index >= 15 is 0 Å². The maximum atomic E-state index is 10.6. The minimum absolute atomic E-state index is 0.749. The highest BCUT2D eigenvalue weighted by Gasteiger charge is 2.01. The van der Waals surface area contributed by atoms with Crippen molar-refractivity contribution in [3.63, 3.8) is 0 Å². The summed E-state index contributed by atoms with van der Waals surface area (Å²) >= 11 is 0. The molecule has 75 valence electrons. The van der Waals surface area contributed by atoms with Gasteiger partial charge in [0.15, 0.2) is 0 Å². The van der Waals surface area contributed by atoms with Crippen LogP contribution in [-0.4, -0.2) is 18.4 Å². The molecule has 0 saturated heterocycles. The van der Waals surface area contributed by atoms with Crippen LogP contribution >= 0.6 is 0 Å². The van der Waals surface area contributed by atoms with Crippen molar-refractivity contribution in [2.24, 2.45) is 0 Å². The summed E-state index contributed by atoms with van der Waals surface area (Å²) in [5.74, 6) is 0. The molecule has 1 amide bonds. The van der Waals surface area contributed by atoms with E-state index in [4.69, 9.17) is 0 Å². The first kappa shape index (κ1) is 9.65. The van der Waals surface area contributed by atoms with Gasteiger partial charge < -0.3 is 4.90 Å². The normalized spacial score (nSPS) is 10.3. The van der Waals surface area contributed by atoms with Gasteiger partial charge in [-0.25, -0.2) is 0 Å². The lowest BCUT2D eigenvalue weighted by molar-refractivity contribution is -0.107. The van der Waals surface area contributed by atoms with Gasteiger partial charge in [0.2, 0.25) is 6.41 Å². The first-order valence-corrected chi connectivity index (χ1v) is 4.61. The van der Waals surface area contributed by atoms with Crippen LogP contribution in [0.2, 0.25) is 0 Å². The van der Waals surface area contributed by atoms with Gasteiger partial charge in [0.25, 0.3) is 0 Å². The highest BCUT2D eigenvalue weighted by molar-refractivity contribution is 5.86. The molecule has 0 fully saturated rings. The van der Waals surface area contributed by atoms with Crippen LogP contribution in [0.1, 0.15) is 5.69 Å². The van der Waals surface area contributed by atoms with E-state index in [0.717, 1.165) is 28.7 Å². The van der Waals surface area contributed by atoms with Gasteiger partial charge >= 0.3 is 0 Å². The molecule has 0 bridgehead atoms. The molecule has 0 atom stereocenters. The van der Waals surface area contributed by atoms with Crippen LogP contribution in [-0.2, 0) is 4.79 Å². The van der Waals surface area contributed by atoms with E-state index in [1.807, 2.05) is 30.3 Å². The number of amides is 1. The highest BCUT2D eigenvalue weighted by Crippen LogP contribution is 2.19. The van der Waals surface area contributed by atoms with Crippen LogP contribution in [0.5, 0.6) is 0 Å². The average molecular weight is 199 g/mol. The zero-order valence-corrected chi connectivity index (χ0v) is 8.47. The molecule has 0 N–H and O–H groups in total. The third-order valence-electron chi connectivity index (χ3n) is 2.30. The molecule has 0 aliphatic carbocycles. The molecule has 15 heavy (non-hydrogen) atoms. The molecule has 2 aromatic rings. The van der Waals surface area contributed by atoms with Crippen molar-refractivity contribution in [2.45, 2.75) is 0 Å². The number of anilines is 1. The monoisotopic (exact) mass is 199 g/mol. The second-order valence-corrected chi connectivity index (χ2v) is 3.40. The highest BCUT2D eigenvalue weighted by atomic mass is 16.1. The summed E-state index contributed by atoms with van der Waals surface area (Å²) in [6.07, 6.45) is 0.782. The fraction of sp³-hybridized carbons (Fsp3) is 0.0833. The summed E-state index contributed by atoms with van der Waals surface area (Å²) in [6.45, 7) is 3.77. The number of pyridine rings is 1. The zero-order valence-electron chi connectivity index (χ0n) is 8.47. The fourth-order valence-corrected chi connectivity index (χ4v) is 1.44. The van der Waals surface area contributed by atoms with E-state index in [2.05, 4.69) is 11.9 Å². The van der Waals surface area contributed by atoms with Gasteiger partial charge in [0.1, 0.15) is 0 Å². The molecular formula is C12H11N2O. The van der Waals surface area contributed by atoms with E-state index in [1.54, 1.807) is 7.05 Å².